The van der Waals surface area contributed by atoms with Crippen LogP contribution in [-0.4, -0.2) is 37.3 Å². The molecule has 0 bridgehead atoms. The Morgan fingerprint density at radius 3 is 2.67 bits per heavy atom. The van der Waals surface area contributed by atoms with Crippen LogP contribution in [0.3, 0.4) is 0 Å². The van der Waals surface area contributed by atoms with Crippen molar-refractivity contribution in [2.75, 3.05) is 31.6 Å². The maximum atomic E-state index is 5.40. The van der Waals surface area contributed by atoms with E-state index in [1.165, 1.54) is 0 Å². The Hall–Kier alpha value is -1.29. The number of anilines is 1. The van der Waals surface area contributed by atoms with E-state index in [0.717, 1.165) is 18.9 Å². The second-order valence-electron chi connectivity index (χ2n) is 5.37. The molecule has 0 radical (unpaired) electrons. The highest BCUT2D eigenvalue weighted by atomic mass is 16.5. The Morgan fingerprint density at radius 1 is 1.33 bits per heavy atom. The molecular formula is C14H25N3O. The maximum Gasteiger partial charge on any atom is 0.215 e. The first-order chi connectivity index (χ1) is 8.42. The van der Waals surface area contributed by atoms with Gasteiger partial charge in [0.2, 0.25) is 5.88 Å². The molecular weight excluding hydrogens is 226 g/mol. The summed E-state index contributed by atoms with van der Waals surface area (Å²) < 4.78 is 5.40. The second kappa shape index (κ2) is 6.59. The number of hydrogen-bond donors (Lipinski definition) is 1. The summed E-state index contributed by atoms with van der Waals surface area (Å²) in [6.07, 6.45) is 0. The monoisotopic (exact) mass is 251 g/mol. The van der Waals surface area contributed by atoms with Crippen LogP contribution in [-0.2, 0) is 0 Å². The normalized spacial score (nSPS) is 11.4. The van der Waals surface area contributed by atoms with Crippen molar-refractivity contribution in [2.24, 2.45) is 0 Å². The van der Waals surface area contributed by atoms with Gasteiger partial charge in [-0.2, -0.15) is 4.98 Å². The van der Waals surface area contributed by atoms with Gasteiger partial charge in [-0.05, 0) is 33.8 Å². The third kappa shape index (κ3) is 5.36. The summed E-state index contributed by atoms with van der Waals surface area (Å²) in [5.41, 5.74) is 0.154. The van der Waals surface area contributed by atoms with Crippen LogP contribution in [0.25, 0.3) is 0 Å². The summed E-state index contributed by atoms with van der Waals surface area (Å²) >= 11 is 0. The third-order valence-electron chi connectivity index (χ3n) is 2.49. The molecule has 0 saturated heterocycles. The Labute approximate surface area is 110 Å². The fourth-order valence-electron chi connectivity index (χ4n) is 1.56. The van der Waals surface area contributed by atoms with Gasteiger partial charge in [-0.15, -0.1) is 0 Å². The lowest BCUT2D eigenvalue weighted by atomic mass is 10.1. The molecule has 0 fully saturated rings. The fraction of sp³-hybridized carbons (Fsp3) is 0.643. The molecule has 1 aromatic rings. The minimum atomic E-state index is 0.154. The summed E-state index contributed by atoms with van der Waals surface area (Å²) in [7, 11) is 2.04. The zero-order valence-electron chi connectivity index (χ0n) is 12.2. The van der Waals surface area contributed by atoms with Gasteiger partial charge in [-0.1, -0.05) is 6.07 Å². The molecule has 4 heteroatoms. The molecule has 1 heterocycles. The molecule has 0 aliphatic rings. The zero-order chi connectivity index (χ0) is 13.6. The van der Waals surface area contributed by atoms with Gasteiger partial charge in [0.15, 0.2) is 0 Å². The molecule has 0 aliphatic carbocycles. The molecule has 0 saturated carbocycles. The van der Waals surface area contributed by atoms with Crippen LogP contribution in [0.4, 0.5) is 5.82 Å². The van der Waals surface area contributed by atoms with Gasteiger partial charge in [0.25, 0.3) is 0 Å². The number of likely N-dealkylation sites (N-methyl/N-ethyl adjacent to an activating group) is 1. The predicted molar refractivity (Wildman–Crippen MR) is 76.4 cm³/mol. The van der Waals surface area contributed by atoms with Crippen molar-refractivity contribution < 1.29 is 4.74 Å². The Kier molecular flexibility index (Phi) is 5.41. The van der Waals surface area contributed by atoms with Crippen LogP contribution in [0.1, 0.15) is 27.7 Å². The average Bonchev–Trinajstić information content (AvgIpc) is 2.28. The molecule has 4 nitrogen and oxygen atoms in total. The van der Waals surface area contributed by atoms with Gasteiger partial charge in [0.05, 0.1) is 6.61 Å². The molecule has 0 amide bonds. The van der Waals surface area contributed by atoms with Crippen molar-refractivity contribution in [1.82, 2.24) is 10.3 Å². The third-order valence-corrected chi connectivity index (χ3v) is 2.49. The van der Waals surface area contributed by atoms with Crippen molar-refractivity contribution >= 4 is 5.82 Å². The minimum absolute atomic E-state index is 0.154. The lowest BCUT2D eigenvalue weighted by molar-refractivity contribution is 0.327. The smallest absolute Gasteiger partial charge is 0.215 e. The van der Waals surface area contributed by atoms with E-state index < -0.39 is 0 Å². The van der Waals surface area contributed by atoms with E-state index >= 15 is 0 Å². The van der Waals surface area contributed by atoms with Crippen LogP contribution in [0.2, 0.25) is 0 Å². The summed E-state index contributed by atoms with van der Waals surface area (Å²) in [5.74, 6) is 1.63. The molecule has 1 aromatic heterocycles. The molecule has 102 valence electrons. The van der Waals surface area contributed by atoms with Crippen LogP contribution >= 0.6 is 0 Å². The first-order valence-corrected chi connectivity index (χ1v) is 6.48. The molecule has 0 unspecified atom stereocenters. The Bertz CT molecular complexity index is 360. The molecule has 0 spiro atoms. The summed E-state index contributed by atoms with van der Waals surface area (Å²) in [4.78, 5) is 6.58. The van der Waals surface area contributed by atoms with E-state index in [1.54, 1.807) is 0 Å². The van der Waals surface area contributed by atoms with Crippen LogP contribution < -0.4 is 15.0 Å². The molecule has 0 aliphatic heterocycles. The molecule has 0 aromatic carbocycles. The van der Waals surface area contributed by atoms with Gasteiger partial charge in [0, 0.05) is 31.7 Å². The highest BCUT2D eigenvalue weighted by Crippen LogP contribution is 2.14. The topological polar surface area (TPSA) is 37.4 Å². The standard InChI is InChI=1S/C14H25N3O/c1-6-18-13-9-7-8-12(16-13)17(5)11-10-15-14(2,3)4/h7-9,15H,6,10-11H2,1-5H3. The van der Waals surface area contributed by atoms with Gasteiger partial charge < -0.3 is 15.0 Å². The predicted octanol–water partition coefficient (Wildman–Crippen LogP) is 2.30. The van der Waals surface area contributed by atoms with E-state index in [2.05, 4.69) is 36.0 Å². The quantitative estimate of drug-likeness (QED) is 0.842. The number of ether oxygens (including phenoxy) is 1. The first kappa shape index (κ1) is 14.8. The van der Waals surface area contributed by atoms with Crippen LogP contribution in [0.15, 0.2) is 18.2 Å². The number of hydrogen-bond acceptors (Lipinski definition) is 4. The van der Waals surface area contributed by atoms with Crippen molar-refractivity contribution in [3.05, 3.63) is 18.2 Å². The number of nitrogens with zero attached hydrogens (tertiary/aromatic N) is 2. The number of pyridine rings is 1. The van der Waals surface area contributed by atoms with E-state index in [1.807, 2.05) is 32.2 Å². The maximum absolute atomic E-state index is 5.40. The Morgan fingerprint density at radius 2 is 2.06 bits per heavy atom. The summed E-state index contributed by atoms with van der Waals surface area (Å²) in [5, 5.41) is 3.46. The lowest BCUT2D eigenvalue weighted by Gasteiger charge is -2.24. The first-order valence-electron chi connectivity index (χ1n) is 6.48. The van der Waals surface area contributed by atoms with E-state index in [0.29, 0.717) is 12.5 Å². The lowest BCUT2D eigenvalue weighted by Crippen LogP contribution is -2.40. The van der Waals surface area contributed by atoms with Crippen molar-refractivity contribution in [3.8, 4) is 5.88 Å². The minimum Gasteiger partial charge on any atom is -0.478 e. The van der Waals surface area contributed by atoms with Gasteiger partial charge in [-0.25, -0.2) is 0 Å². The zero-order valence-corrected chi connectivity index (χ0v) is 12.2. The summed E-state index contributed by atoms with van der Waals surface area (Å²) in [6.45, 7) is 11.0. The van der Waals surface area contributed by atoms with E-state index in [4.69, 9.17) is 4.74 Å². The van der Waals surface area contributed by atoms with Crippen molar-refractivity contribution in [1.29, 1.82) is 0 Å². The number of nitrogens with one attached hydrogen (secondary N) is 1. The van der Waals surface area contributed by atoms with E-state index in [-0.39, 0.29) is 5.54 Å². The second-order valence-corrected chi connectivity index (χ2v) is 5.37. The van der Waals surface area contributed by atoms with Crippen molar-refractivity contribution in [3.63, 3.8) is 0 Å². The highest BCUT2D eigenvalue weighted by molar-refractivity contribution is 5.39. The highest BCUT2D eigenvalue weighted by Gasteiger charge is 2.09. The van der Waals surface area contributed by atoms with Gasteiger partial charge in [-0.3, -0.25) is 0 Å². The van der Waals surface area contributed by atoms with Gasteiger partial charge >= 0.3 is 0 Å². The van der Waals surface area contributed by atoms with Crippen LogP contribution in [0.5, 0.6) is 5.88 Å². The molecule has 18 heavy (non-hydrogen) atoms. The fourth-order valence-corrected chi connectivity index (χ4v) is 1.56. The molecule has 1 N–H and O–H groups in total. The average molecular weight is 251 g/mol. The Balaban J connectivity index is 2.50. The van der Waals surface area contributed by atoms with Crippen LogP contribution in [0, 0.1) is 0 Å². The number of aromatic nitrogens is 1. The largest absolute Gasteiger partial charge is 0.478 e. The number of rotatable bonds is 6. The van der Waals surface area contributed by atoms with Crippen molar-refractivity contribution in [2.45, 2.75) is 33.2 Å². The van der Waals surface area contributed by atoms with E-state index in [9.17, 15) is 0 Å². The molecule has 1 rings (SSSR count). The SMILES string of the molecule is CCOc1cccc(N(C)CCNC(C)(C)C)n1. The van der Waals surface area contributed by atoms with Gasteiger partial charge in [0.1, 0.15) is 5.82 Å². The molecule has 0 atom stereocenters. The summed E-state index contributed by atoms with van der Waals surface area (Å²) in [6, 6.07) is 5.86.